The molecule has 1 aliphatic rings. The van der Waals surface area contributed by atoms with Gasteiger partial charge in [-0.1, -0.05) is 38.1 Å². The molecular formula is C17H27NO. The Labute approximate surface area is 117 Å². The molecule has 2 heteroatoms. The largest absolute Gasteiger partial charge is 0.384 e. The molecule has 1 atom stereocenters. The minimum absolute atomic E-state index is 0.165. The molecule has 0 amide bonds. The summed E-state index contributed by atoms with van der Waals surface area (Å²) >= 11 is 0. The Morgan fingerprint density at radius 3 is 2.84 bits per heavy atom. The number of rotatable bonds is 6. The highest BCUT2D eigenvalue weighted by atomic mass is 16.5. The molecule has 0 heterocycles. The Bertz CT molecular complexity index is 402. The van der Waals surface area contributed by atoms with Crippen molar-refractivity contribution >= 4 is 0 Å². The van der Waals surface area contributed by atoms with E-state index in [0.717, 1.165) is 19.7 Å². The Morgan fingerprint density at radius 2 is 2.11 bits per heavy atom. The van der Waals surface area contributed by atoms with Crippen molar-refractivity contribution < 1.29 is 4.74 Å². The number of fused-ring (bicyclic) bond motifs is 1. The van der Waals surface area contributed by atoms with Crippen LogP contribution in [-0.4, -0.2) is 26.8 Å². The topological polar surface area (TPSA) is 21.3 Å². The van der Waals surface area contributed by atoms with E-state index >= 15 is 0 Å². The fraction of sp³-hybridized carbons (Fsp3) is 0.647. The van der Waals surface area contributed by atoms with Crippen LogP contribution in [0.2, 0.25) is 0 Å². The van der Waals surface area contributed by atoms with E-state index < -0.39 is 0 Å². The van der Waals surface area contributed by atoms with Gasteiger partial charge >= 0.3 is 0 Å². The normalized spacial score (nSPS) is 22.5. The predicted molar refractivity (Wildman–Crippen MR) is 80.6 cm³/mol. The predicted octanol–water partition coefficient (Wildman–Crippen LogP) is 3.15. The Morgan fingerprint density at radius 1 is 1.32 bits per heavy atom. The van der Waals surface area contributed by atoms with Crippen LogP contribution in [0.4, 0.5) is 0 Å². The first kappa shape index (κ1) is 14.5. The van der Waals surface area contributed by atoms with Gasteiger partial charge < -0.3 is 10.1 Å². The van der Waals surface area contributed by atoms with Crippen LogP contribution in [0, 0.1) is 5.92 Å². The molecule has 0 aromatic heterocycles. The lowest BCUT2D eigenvalue weighted by Gasteiger charge is -2.39. The molecule has 1 aliphatic carbocycles. The maximum absolute atomic E-state index is 5.56. The highest BCUT2D eigenvalue weighted by molar-refractivity contribution is 5.37. The van der Waals surface area contributed by atoms with Gasteiger partial charge in [0.2, 0.25) is 0 Å². The molecule has 0 saturated carbocycles. The number of benzene rings is 1. The summed E-state index contributed by atoms with van der Waals surface area (Å²) in [4.78, 5) is 0. The monoisotopic (exact) mass is 261 g/mol. The van der Waals surface area contributed by atoms with Gasteiger partial charge in [0.15, 0.2) is 0 Å². The fourth-order valence-electron chi connectivity index (χ4n) is 3.27. The fourth-order valence-corrected chi connectivity index (χ4v) is 3.27. The van der Waals surface area contributed by atoms with Crippen molar-refractivity contribution in [3.05, 3.63) is 35.4 Å². The summed E-state index contributed by atoms with van der Waals surface area (Å²) in [6, 6.07) is 8.90. The SMILES string of the molecule is COCC1(CNCC(C)C)CCCc2ccccc21. The molecule has 1 unspecified atom stereocenters. The lowest BCUT2D eigenvalue weighted by atomic mass is 9.70. The third-order valence-electron chi connectivity index (χ3n) is 4.13. The number of ether oxygens (including phenoxy) is 1. The minimum Gasteiger partial charge on any atom is -0.384 e. The molecule has 0 aliphatic heterocycles. The lowest BCUT2D eigenvalue weighted by molar-refractivity contribution is 0.115. The van der Waals surface area contributed by atoms with Crippen LogP contribution in [-0.2, 0) is 16.6 Å². The molecule has 0 bridgehead atoms. The van der Waals surface area contributed by atoms with E-state index in [-0.39, 0.29) is 5.41 Å². The van der Waals surface area contributed by atoms with E-state index in [0.29, 0.717) is 5.92 Å². The number of aryl methyl sites for hydroxylation is 1. The minimum atomic E-state index is 0.165. The standard InChI is InChI=1S/C17H27NO/c1-14(2)11-18-12-17(13-19-3)10-6-8-15-7-4-5-9-16(15)17/h4-5,7,9,14,18H,6,8,10-13H2,1-3H3. The van der Waals surface area contributed by atoms with Gasteiger partial charge in [-0.25, -0.2) is 0 Å². The van der Waals surface area contributed by atoms with E-state index in [9.17, 15) is 0 Å². The van der Waals surface area contributed by atoms with Gasteiger partial charge in [0, 0.05) is 19.1 Å². The van der Waals surface area contributed by atoms with Crippen LogP contribution in [0.25, 0.3) is 0 Å². The van der Waals surface area contributed by atoms with E-state index in [2.05, 4.69) is 43.4 Å². The molecule has 0 spiro atoms. The van der Waals surface area contributed by atoms with Crippen molar-refractivity contribution in [2.75, 3.05) is 26.8 Å². The molecule has 1 N–H and O–H groups in total. The van der Waals surface area contributed by atoms with Gasteiger partial charge in [-0.05, 0) is 42.9 Å². The van der Waals surface area contributed by atoms with Crippen LogP contribution in [0.15, 0.2) is 24.3 Å². The average Bonchev–Trinajstić information content (AvgIpc) is 2.39. The molecule has 19 heavy (non-hydrogen) atoms. The highest BCUT2D eigenvalue weighted by Gasteiger charge is 2.36. The summed E-state index contributed by atoms with van der Waals surface area (Å²) in [7, 11) is 1.82. The van der Waals surface area contributed by atoms with Crippen molar-refractivity contribution in [3.8, 4) is 0 Å². The number of hydrogen-bond acceptors (Lipinski definition) is 2. The Balaban J connectivity index is 2.19. The number of methoxy groups -OCH3 is 1. The zero-order valence-electron chi connectivity index (χ0n) is 12.5. The zero-order chi connectivity index (χ0) is 13.7. The third kappa shape index (κ3) is 3.37. The maximum Gasteiger partial charge on any atom is 0.0571 e. The number of nitrogens with one attached hydrogen (secondary N) is 1. The van der Waals surface area contributed by atoms with Gasteiger partial charge in [0.1, 0.15) is 0 Å². The Kier molecular flexibility index (Phi) is 5.00. The van der Waals surface area contributed by atoms with Gasteiger partial charge in [-0.2, -0.15) is 0 Å². The molecule has 1 aromatic rings. The average molecular weight is 261 g/mol. The lowest BCUT2D eigenvalue weighted by Crippen LogP contribution is -2.45. The van der Waals surface area contributed by atoms with E-state index in [1.54, 1.807) is 0 Å². The van der Waals surface area contributed by atoms with E-state index in [1.165, 1.54) is 30.4 Å². The second kappa shape index (κ2) is 6.53. The van der Waals surface area contributed by atoms with Crippen LogP contribution in [0.1, 0.15) is 37.8 Å². The smallest absolute Gasteiger partial charge is 0.0571 e. The van der Waals surface area contributed by atoms with Gasteiger partial charge in [0.25, 0.3) is 0 Å². The summed E-state index contributed by atoms with van der Waals surface area (Å²) in [5, 5.41) is 3.64. The third-order valence-corrected chi connectivity index (χ3v) is 4.13. The van der Waals surface area contributed by atoms with Crippen LogP contribution in [0.3, 0.4) is 0 Å². The van der Waals surface area contributed by atoms with E-state index in [1.807, 2.05) is 7.11 Å². The molecule has 106 valence electrons. The van der Waals surface area contributed by atoms with Crippen molar-refractivity contribution in [3.63, 3.8) is 0 Å². The second-order valence-corrected chi connectivity index (χ2v) is 6.25. The van der Waals surface area contributed by atoms with Crippen molar-refractivity contribution in [2.24, 2.45) is 5.92 Å². The molecular weight excluding hydrogens is 234 g/mol. The molecule has 2 rings (SSSR count). The van der Waals surface area contributed by atoms with Gasteiger partial charge in [0.05, 0.1) is 6.61 Å². The molecule has 1 aromatic carbocycles. The zero-order valence-corrected chi connectivity index (χ0v) is 12.5. The van der Waals surface area contributed by atoms with Crippen molar-refractivity contribution in [1.82, 2.24) is 5.32 Å². The Hall–Kier alpha value is -0.860. The first-order valence-corrected chi connectivity index (χ1v) is 7.46. The summed E-state index contributed by atoms with van der Waals surface area (Å²) in [6.45, 7) is 7.42. The summed E-state index contributed by atoms with van der Waals surface area (Å²) in [5.41, 5.74) is 3.18. The van der Waals surface area contributed by atoms with Crippen LogP contribution in [0.5, 0.6) is 0 Å². The summed E-state index contributed by atoms with van der Waals surface area (Å²) in [5.74, 6) is 0.693. The quantitative estimate of drug-likeness (QED) is 0.849. The molecule has 0 saturated heterocycles. The maximum atomic E-state index is 5.56. The number of hydrogen-bond donors (Lipinski definition) is 1. The van der Waals surface area contributed by atoms with E-state index in [4.69, 9.17) is 4.74 Å². The van der Waals surface area contributed by atoms with Crippen LogP contribution >= 0.6 is 0 Å². The highest BCUT2D eigenvalue weighted by Crippen LogP contribution is 2.37. The van der Waals surface area contributed by atoms with Crippen molar-refractivity contribution in [2.45, 2.75) is 38.5 Å². The second-order valence-electron chi connectivity index (χ2n) is 6.25. The first-order chi connectivity index (χ1) is 9.18. The summed E-state index contributed by atoms with van der Waals surface area (Å²) in [6.07, 6.45) is 3.71. The molecule has 0 fully saturated rings. The first-order valence-electron chi connectivity index (χ1n) is 7.46. The van der Waals surface area contributed by atoms with Crippen LogP contribution < -0.4 is 5.32 Å². The van der Waals surface area contributed by atoms with Crippen molar-refractivity contribution in [1.29, 1.82) is 0 Å². The molecule has 0 radical (unpaired) electrons. The summed E-state index contributed by atoms with van der Waals surface area (Å²) < 4.78 is 5.56. The van der Waals surface area contributed by atoms with Gasteiger partial charge in [-0.3, -0.25) is 0 Å². The van der Waals surface area contributed by atoms with Gasteiger partial charge in [-0.15, -0.1) is 0 Å². The molecule has 2 nitrogen and oxygen atoms in total.